The van der Waals surface area contributed by atoms with Crippen LogP contribution >= 0.6 is 0 Å². The second-order valence-electron chi connectivity index (χ2n) is 14.1. The van der Waals surface area contributed by atoms with E-state index in [9.17, 15) is 0 Å². The van der Waals surface area contributed by atoms with Gasteiger partial charge in [-0.2, -0.15) is 0 Å². The fourth-order valence-corrected chi connectivity index (χ4v) is 8.28. The van der Waals surface area contributed by atoms with Crippen LogP contribution in [-0.2, 0) is 0 Å². The van der Waals surface area contributed by atoms with E-state index in [2.05, 4.69) is 181 Å². The van der Waals surface area contributed by atoms with Gasteiger partial charge in [-0.15, -0.1) is 0 Å². The van der Waals surface area contributed by atoms with E-state index >= 15 is 0 Å². The Morgan fingerprint density at radius 2 is 0.764 bits per heavy atom. The van der Waals surface area contributed by atoms with Crippen molar-refractivity contribution in [3.05, 3.63) is 200 Å². The Morgan fingerprint density at radius 1 is 0.291 bits per heavy atom. The van der Waals surface area contributed by atoms with Gasteiger partial charge < -0.3 is 13.7 Å². The second kappa shape index (κ2) is 12.6. The lowest BCUT2D eigenvalue weighted by molar-refractivity contribution is 0.668. The number of anilines is 3. The Balaban J connectivity index is 1.23. The highest BCUT2D eigenvalue weighted by atomic mass is 16.3. The molecule has 0 N–H and O–H groups in total. The summed E-state index contributed by atoms with van der Waals surface area (Å²) in [4.78, 5) is 2.43. The summed E-state index contributed by atoms with van der Waals surface area (Å²) in [7, 11) is 0. The monoisotopic (exact) mass is 703 g/mol. The van der Waals surface area contributed by atoms with Crippen molar-refractivity contribution in [1.82, 2.24) is 0 Å². The first kappa shape index (κ1) is 31.2. The van der Waals surface area contributed by atoms with E-state index in [1.807, 2.05) is 24.3 Å². The fourth-order valence-electron chi connectivity index (χ4n) is 8.28. The van der Waals surface area contributed by atoms with Crippen molar-refractivity contribution < 1.29 is 8.83 Å². The molecule has 258 valence electrons. The van der Waals surface area contributed by atoms with E-state index < -0.39 is 0 Å². The van der Waals surface area contributed by atoms with Crippen LogP contribution in [0, 0.1) is 0 Å². The smallest absolute Gasteiger partial charge is 0.135 e. The zero-order valence-corrected chi connectivity index (χ0v) is 29.8. The molecule has 0 amide bonds. The summed E-state index contributed by atoms with van der Waals surface area (Å²) in [6, 6.07) is 71.2. The van der Waals surface area contributed by atoms with Crippen molar-refractivity contribution in [3.63, 3.8) is 0 Å². The maximum atomic E-state index is 6.35. The number of nitrogens with zero attached hydrogens (tertiary/aromatic N) is 1. The van der Waals surface area contributed by atoms with Gasteiger partial charge in [0.25, 0.3) is 0 Å². The number of hydrogen-bond acceptors (Lipinski definition) is 3. The zero-order valence-electron chi connectivity index (χ0n) is 29.8. The molecule has 9 aromatic carbocycles. The Kier molecular flexibility index (Phi) is 7.17. The molecule has 0 saturated heterocycles. The van der Waals surface area contributed by atoms with Gasteiger partial charge in [0, 0.05) is 44.0 Å². The van der Waals surface area contributed by atoms with E-state index in [-0.39, 0.29) is 0 Å². The molecule has 0 atom stereocenters. The van der Waals surface area contributed by atoms with Crippen molar-refractivity contribution in [3.8, 4) is 33.4 Å². The maximum absolute atomic E-state index is 6.35. The molecule has 0 radical (unpaired) electrons. The molecule has 55 heavy (non-hydrogen) atoms. The number of rotatable bonds is 6. The zero-order chi connectivity index (χ0) is 36.3. The van der Waals surface area contributed by atoms with Crippen molar-refractivity contribution in [2.24, 2.45) is 0 Å². The minimum Gasteiger partial charge on any atom is -0.456 e. The van der Waals surface area contributed by atoms with E-state index in [1.54, 1.807) is 0 Å². The molecule has 3 nitrogen and oxygen atoms in total. The van der Waals surface area contributed by atoms with Gasteiger partial charge >= 0.3 is 0 Å². The number of fused-ring (bicyclic) bond motifs is 7. The molecule has 2 heterocycles. The van der Waals surface area contributed by atoms with Crippen LogP contribution in [-0.4, -0.2) is 0 Å². The summed E-state index contributed by atoms with van der Waals surface area (Å²) < 4.78 is 12.7. The quantitative estimate of drug-likeness (QED) is 0.173. The molecule has 0 aliphatic heterocycles. The molecule has 0 aliphatic carbocycles. The van der Waals surface area contributed by atoms with Crippen LogP contribution in [0.2, 0.25) is 0 Å². The summed E-state index contributed by atoms with van der Waals surface area (Å²) in [6.07, 6.45) is 0. The fraction of sp³-hybridized carbons (Fsp3) is 0. The van der Waals surface area contributed by atoms with Gasteiger partial charge in [0.2, 0.25) is 0 Å². The Bertz CT molecular complexity index is 3090. The summed E-state index contributed by atoms with van der Waals surface area (Å²) >= 11 is 0. The van der Waals surface area contributed by atoms with Crippen molar-refractivity contribution in [1.29, 1.82) is 0 Å². The average molecular weight is 704 g/mol. The Morgan fingerprint density at radius 3 is 1.44 bits per heavy atom. The molecular formula is C52H33NO2. The molecule has 11 aromatic rings. The molecule has 0 bridgehead atoms. The highest BCUT2D eigenvalue weighted by molar-refractivity contribution is 6.11. The summed E-state index contributed by atoms with van der Waals surface area (Å²) in [6.45, 7) is 0. The first-order valence-corrected chi connectivity index (χ1v) is 18.7. The number of para-hydroxylation sites is 3. The van der Waals surface area contributed by atoms with E-state index in [4.69, 9.17) is 8.83 Å². The summed E-state index contributed by atoms with van der Waals surface area (Å²) in [5.74, 6) is 0. The van der Waals surface area contributed by atoms with E-state index in [1.165, 1.54) is 27.5 Å². The number of furan rings is 2. The van der Waals surface area contributed by atoms with E-state index in [0.29, 0.717) is 0 Å². The SMILES string of the molecule is c1ccc(-c2ccc(-c3cccc(-c4cccc5ccccc45)c3N(c3ccc4oc5ccccc5c4c3)c3ccc4oc5ccccc5c4c3)cc2)cc1. The molecule has 0 fully saturated rings. The molecule has 0 spiro atoms. The lowest BCUT2D eigenvalue weighted by Gasteiger charge is -2.31. The lowest BCUT2D eigenvalue weighted by Crippen LogP contribution is -2.12. The van der Waals surface area contributed by atoms with Gasteiger partial charge in [0.05, 0.1) is 5.69 Å². The Hall–Kier alpha value is -7.36. The van der Waals surface area contributed by atoms with E-state index in [0.717, 1.165) is 77.6 Å². The molecule has 2 aromatic heterocycles. The minimum absolute atomic E-state index is 0.861. The topological polar surface area (TPSA) is 29.5 Å². The third-order valence-corrected chi connectivity index (χ3v) is 10.9. The molecule has 3 heteroatoms. The van der Waals surface area contributed by atoms with Crippen molar-refractivity contribution in [2.45, 2.75) is 0 Å². The van der Waals surface area contributed by atoms with Crippen LogP contribution in [0.1, 0.15) is 0 Å². The van der Waals surface area contributed by atoms with Gasteiger partial charge in [-0.05, 0) is 81.6 Å². The van der Waals surface area contributed by atoms with Crippen LogP contribution < -0.4 is 4.90 Å². The van der Waals surface area contributed by atoms with Gasteiger partial charge in [-0.1, -0.05) is 152 Å². The Labute approximate surface area is 317 Å². The number of hydrogen-bond donors (Lipinski definition) is 0. The first-order chi connectivity index (χ1) is 27.3. The van der Waals surface area contributed by atoms with Crippen LogP contribution in [0.25, 0.3) is 88.0 Å². The minimum atomic E-state index is 0.861. The van der Waals surface area contributed by atoms with Crippen molar-refractivity contribution >= 4 is 71.7 Å². The third-order valence-electron chi connectivity index (χ3n) is 10.9. The van der Waals surface area contributed by atoms with Crippen LogP contribution in [0.3, 0.4) is 0 Å². The average Bonchev–Trinajstić information content (AvgIpc) is 3.82. The van der Waals surface area contributed by atoms with Gasteiger partial charge in [-0.25, -0.2) is 0 Å². The standard InChI is InChI=1S/C52H33NO2/c1-2-12-34(13-3-1)35-24-26-37(27-25-35)41-19-11-21-45(42-20-10-15-36-14-4-5-16-40(36)42)52(41)53(38-28-30-50-46(32-38)43-17-6-8-22-48(43)54-50)39-29-31-51-47(33-39)44-18-7-9-23-49(44)55-51/h1-33H. The lowest BCUT2D eigenvalue weighted by atomic mass is 9.91. The van der Waals surface area contributed by atoms with Crippen LogP contribution in [0.5, 0.6) is 0 Å². The second-order valence-corrected chi connectivity index (χ2v) is 14.1. The summed E-state index contributed by atoms with van der Waals surface area (Å²) in [5, 5.41) is 6.74. The molecule has 0 aliphatic rings. The maximum Gasteiger partial charge on any atom is 0.135 e. The largest absolute Gasteiger partial charge is 0.456 e. The molecule has 0 unspecified atom stereocenters. The van der Waals surface area contributed by atoms with Crippen molar-refractivity contribution in [2.75, 3.05) is 4.90 Å². The van der Waals surface area contributed by atoms with Gasteiger partial charge in [0.15, 0.2) is 0 Å². The van der Waals surface area contributed by atoms with Crippen LogP contribution in [0.15, 0.2) is 209 Å². The highest BCUT2D eigenvalue weighted by Crippen LogP contribution is 2.49. The van der Waals surface area contributed by atoms with Gasteiger partial charge in [-0.3, -0.25) is 0 Å². The first-order valence-electron chi connectivity index (χ1n) is 18.7. The predicted octanol–water partition coefficient (Wildman–Crippen LogP) is 15.1. The third kappa shape index (κ3) is 5.20. The molecule has 0 saturated carbocycles. The predicted molar refractivity (Wildman–Crippen MR) is 229 cm³/mol. The molecule has 11 rings (SSSR count). The van der Waals surface area contributed by atoms with Crippen LogP contribution in [0.4, 0.5) is 17.1 Å². The van der Waals surface area contributed by atoms with Gasteiger partial charge in [0.1, 0.15) is 22.3 Å². The highest BCUT2D eigenvalue weighted by Gasteiger charge is 2.24. The number of benzene rings is 9. The molecular weight excluding hydrogens is 671 g/mol. The summed E-state index contributed by atoms with van der Waals surface area (Å²) in [5.41, 5.74) is 13.6. The normalized spacial score (nSPS) is 11.6.